The molecule has 3 rings (SSSR count). The van der Waals surface area contributed by atoms with Gasteiger partial charge in [0.2, 0.25) is 0 Å². The SMILES string of the molecule is Cc1cccc(CN(Cc2cccc(C)n2)Cc2cccc(C)n2)n1.[Fe+2].[N]=O.[N]=O.[O-][Cl+3]([O-])([O-])[O-]. The van der Waals surface area contributed by atoms with Crippen molar-refractivity contribution < 1.29 is 45.9 Å². The van der Waals surface area contributed by atoms with Gasteiger partial charge in [-0.25, -0.2) is 18.6 Å². The topological polar surface area (TPSA) is 213 Å². The molecule has 0 aliphatic carbocycles. The van der Waals surface area contributed by atoms with Crippen LogP contribution < -0.4 is 29.8 Å². The van der Waals surface area contributed by atoms with Crippen molar-refractivity contribution in [3.8, 4) is 0 Å². The van der Waals surface area contributed by atoms with Gasteiger partial charge >= 0.3 is 17.1 Å². The third kappa shape index (κ3) is 17.4. The summed E-state index contributed by atoms with van der Waals surface area (Å²) < 4.78 is 34.0. The normalized spacial score (nSPS) is 9.83. The number of aryl methyl sites for hydroxylation is 3. The van der Waals surface area contributed by atoms with E-state index in [9.17, 15) is 0 Å². The molecule has 3 heterocycles. The molecule has 0 saturated heterocycles. The van der Waals surface area contributed by atoms with E-state index in [1.165, 1.54) is 0 Å². The Balaban J connectivity index is 0. The van der Waals surface area contributed by atoms with Gasteiger partial charge in [-0.3, -0.25) is 19.9 Å². The minimum atomic E-state index is -4.94. The maximum Gasteiger partial charge on any atom is 2.00 e. The molecule has 0 aliphatic heterocycles. The van der Waals surface area contributed by atoms with E-state index in [4.69, 9.17) is 39.6 Å². The Bertz CT molecular complexity index is 877. The second kappa shape index (κ2) is 18.6. The molecule has 0 fully saturated rings. The number of nitroso groups, excluding NO2 is 2. The molecule has 0 bridgehead atoms. The zero-order chi connectivity index (χ0) is 26.1. The standard InChI is InChI=1S/C21H24N4.ClHO4.Fe.2NO/c1-16-7-4-10-19(22-16)13-25(14-20-11-5-8-17(2)23-20)15-21-12-6-9-18(3)24-21;2-1(3,4)5;;2*1-2/h4-12H,13-15H2,1-3H3;(H,2,3,4,5);;;/q;;+2;;/p-1. The first kappa shape index (κ1) is 34.4. The summed E-state index contributed by atoms with van der Waals surface area (Å²) in [6, 6.07) is 18.5. The molecule has 35 heavy (non-hydrogen) atoms. The van der Waals surface area contributed by atoms with E-state index < -0.39 is 10.2 Å². The van der Waals surface area contributed by atoms with Gasteiger partial charge in [0, 0.05) is 36.7 Å². The molecule has 3 aromatic heterocycles. The van der Waals surface area contributed by atoms with Gasteiger partial charge in [0.1, 0.15) is 11.2 Å². The molecule has 3 aromatic rings. The van der Waals surface area contributed by atoms with Gasteiger partial charge in [0.15, 0.2) is 0 Å². The Morgan fingerprint density at radius 3 is 1.06 bits per heavy atom. The predicted octanol–water partition coefficient (Wildman–Crippen LogP) is -1.65. The van der Waals surface area contributed by atoms with Crippen molar-refractivity contribution in [2.75, 3.05) is 0 Å². The van der Waals surface area contributed by atoms with Crippen molar-refractivity contribution >= 4 is 0 Å². The largest absolute Gasteiger partial charge is 2.00 e. The maximum atomic E-state index is 8.49. The minimum Gasteiger partial charge on any atom is -0.286 e. The Morgan fingerprint density at radius 2 is 0.857 bits per heavy atom. The van der Waals surface area contributed by atoms with Crippen molar-refractivity contribution in [3.63, 3.8) is 0 Å². The van der Waals surface area contributed by atoms with Gasteiger partial charge in [0.25, 0.3) is 0 Å². The van der Waals surface area contributed by atoms with E-state index in [-0.39, 0.29) is 17.1 Å². The van der Waals surface area contributed by atoms with Crippen LogP contribution in [-0.4, -0.2) is 19.9 Å². The van der Waals surface area contributed by atoms with Crippen LogP contribution in [0.2, 0.25) is 0 Å². The van der Waals surface area contributed by atoms with Crippen LogP contribution in [-0.2, 0) is 36.7 Å². The van der Waals surface area contributed by atoms with Gasteiger partial charge in [-0.2, -0.15) is 0 Å². The fourth-order valence-electron chi connectivity index (χ4n) is 2.92. The number of hydrogen-bond acceptors (Lipinski definition) is 10. The molecular formula is C21H24ClFeN6O6+. The van der Waals surface area contributed by atoms with E-state index in [0.29, 0.717) is 0 Å². The zero-order valence-corrected chi connectivity index (χ0v) is 21.0. The number of rotatable bonds is 6. The van der Waals surface area contributed by atoms with Crippen LogP contribution in [0.1, 0.15) is 34.2 Å². The molecule has 0 unspecified atom stereocenters. The van der Waals surface area contributed by atoms with Crippen molar-refractivity contribution in [2.45, 2.75) is 40.4 Å². The maximum absolute atomic E-state index is 8.49. The van der Waals surface area contributed by atoms with Crippen molar-refractivity contribution in [1.29, 1.82) is 0 Å². The fourth-order valence-corrected chi connectivity index (χ4v) is 2.92. The van der Waals surface area contributed by atoms with E-state index in [2.05, 4.69) is 56.3 Å². The average Bonchev–Trinajstić information content (AvgIpc) is 2.75. The number of nitrogens with zero attached hydrogens (tertiary/aromatic N) is 6. The minimum absolute atomic E-state index is 0. The molecule has 14 heteroatoms. The Morgan fingerprint density at radius 1 is 0.629 bits per heavy atom. The van der Waals surface area contributed by atoms with E-state index in [1.54, 1.807) is 0 Å². The van der Waals surface area contributed by atoms with Gasteiger partial charge in [0.05, 0.1) is 17.1 Å². The van der Waals surface area contributed by atoms with Gasteiger partial charge in [-0.15, -0.1) is 20.1 Å². The van der Waals surface area contributed by atoms with Crippen LogP contribution in [0.3, 0.4) is 0 Å². The molecule has 2 radical (unpaired) electrons. The van der Waals surface area contributed by atoms with Crippen molar-refractivity contribution in [3.05, 3.63) is 98.6 Å². The van der Waals surface area contributed by atoms with Gasteiger partial charge in [-0.05, 0) is 57.2 Å². The van der Waals surface area contributed by atoms with Crippen LogP contribution in [0.5, 0.6) is 0 Å². The molecular weight excluding hydrogens is 524 g/mol. The van der Waals surface area contributed by atoms with Crippen LogP contribution in [0.25, 0.3) is 0 Å². The van der Waals surface area contributed by atoms with Gasteiger partial charge in [-0.1, -0.05) is 18.2 Å². The van der Waals surface area contributed by atoms with E-state index in [1.807, 2.05) is 39.0 Å². The van der Waals surface area contributed by atoms with Crippen LogP contribution in [0.15, 0.2) is 54.6 Å². The number of pyridine rings is 3. The quantitative estimate of drug-likeness (QED) is 0.320. The van der Waals surface area contributed by atoms with E-state index in [0.717, 1.165) is 53.8 Å². The van der Waals surface area contributed by atoms with Crippen LogP contribution in [0.4, 0.5) is 0 Å². The Hall–Kier alpha value is -2.74. The summed E-state index contributed by atoms with van der Waals surface area (Å²) in [7, 11) is -4.94. The second-order valence-corrected chi connectivity index (χ2v) is 7.59. The van der Waals surface area contributed by atoms with Crippen LogP contribution in [0, 0.1) is 40.8 Å². The van der Waals surface area contributed by atoms with Crippen molar-refractivity contribution in [1.82, 2.24) is 31.0 Å². The summed E-state index contributed by atoms with van der Waals surface area (Å²) in [6.07, 6.45) is 0. The third-order valence-corrected chi connectivity index (χ3v) is 3.99. The van der Waals surface area contributed by atoms with E-state index >= 15 is 0 Å². The Kier molecular flexibility index (Phi) is 18.3. The molecule has 0 aromatic carbocycles. The number of aromatic nitrogens is 3. The second-order valence-electron chi connectivity index (χ2n) is 6.83. The summed E-state index contributed by atoms with van der Waals surface area (Å²) >= 11 is 0. The molecule has 0 N–H and O–H groups in total. The molecule has 0 spiro atoms. The molecule has 0 amide bonds. The molecule has 0 saturated carbocycles. The molecule has 0 aliphatic rings. The first-order valence-corrected chi connectivity index (χ1v) is 10.8. The third-order valence-electron chi connectivity index (χ3n) is 3.99. The number of hydrogen-bond donors (Lipinski definition) is 0. The smallest absolute Gasteiger partial charge is 0.286 e. The predicted molar refractivity (Wildman–Crippen MR) is 111 cm³/mol. The Labute approximate surface area is 215 Å². The number of halogens is 1. The van der Waals surface area contributed by atoms with Gasteiger partial charge < -0.3 is 0 Å². The average molecular weight is 548 g/mol. The molecule has 12 nitrogen and oxygen atoms in total. The fraction of sp³-hybridized carbons (Fsp3) is 0.286. The summed E-state index contributed by atoms with van der Waals surface area (Å²) in [6.45, 7) is 8.39. The molecule has 0 atom stereocenters. The first-order chi connectivity index (χ1) is 16.1. The first-order valence-electron chi connectivity index (χ1n) is 9.57. The zero-order valence-electron chi connectivity index (χ0n) is 19.2. The summed E-state index contributed by atoms with van der Waals surface area (Å²) in [4.78, 5) is 30.8. The monoisotopic (exact) mass is 547 g/mol. The van der Waals surface area contributed by atoms with Crippen LogP contribution >= 0.6 is 0 Å². The summed E-state index contributed by atoms with van der Waals surface area (Å²) in [5.74, 6) is 0. The van der Waals surface area contributed by atoms with Crippen molar-refractivity contribution in [2.24, 2.45) is 0 Å². The summed E-state index contributed by atoms with van der Waals surface area (Å²) in [5.41, 5.74) is 17.8. The summed E-state index contributed by atoms with van der Waals surface area (Å²) in [5, 5.41) is 0. The molecule has 188 valence electrons.